The van der Waals surface area contributed by atoms with Crippen molar-refractivity contribution in [3.63, 3.8) is 0 Å². The molecule has 0 spiro atoms. The normalized spacial score (nSPS) is 28.6. The Morgan fingerprint density at radius 3 is 2.27 bits per heavy atom. The van der Waals surface area contributed by atoms with Gasteiger partial charge in [-0.3, -0.25) is 0 Å². The van der Waals surface area contributed by atoms with Gasteiger partial charge in [0.1, 0.15) is 0 Å². The summed E-state index contributed by atoms with van der Waals surface area (Å²) in [6.07, 6.45) is -3.62. The average molecular weight is 172 g/mol. The van der Waals surface area contributed by atoms with Crippen LogP contribution in [0.15, 0.2) is 0 Å². The molecule has 0 bridgehead atoms. The standard InChI is InChI=1S/C6H8F4O/c1-5(7,8)11-3-4-2-6(4,9)10/h4H,2-3H2,1H3. The highest BCUT2D eigenvalue weighted by Gasteiger charge is 2.57. The summed E-state index contributed by atoms with van der Waals surface area (Å²) in [7, 11) is 0. The molecule has 0 aliphatic heterocycles. The Hall–Kier alpha value is -0.320. The van der Waals surface area contributed by atoms with Crippen LogP contribution in [-0.4, -0.2) is 18.6 Å². The summed E-state index contributed by atoms with van der Waals surface area (Å²) in [6.45, 7) is -0.0238. The van der Waals surface area contributed by atoms with Gasteiger partial charge >= 0.3 is 6.11 Å². The second kappa shape index (κ2) is 2.33. The van der Waals surface area contributed by atoms with Gasteiger partial charge in [0, 0.05) is 13.3 Å². The number of halogens is 4. The van der Waals surface area contributed by atoms with Crippen molar-refractivity contribution >= 4 is 0 Å². The molecule has 1 aliphatic rings. The van der Waals surface area contributed by atoms with Crippen LogP contribution in [0.2, 0.25) is 0 Å². The van der Waals surface area contributed by atoms with Gasteiger partial charge in [0.05, 0.1) is 12.5 Å². The predicted octanol–water partition coefficient (Wildman–Crippen LogP) is 2.27. The Morgan fingerprint density at radius 2 is 2.00 bits per heavy atom. The van der Waals surface area contributed by atoms with Gasteiger partial charge in [0.25, 0.3) is 5.92 Å². The maximum atomic E-state index is 12.0. The number of alkyl halides is 4. The smallest absolute Gasteiger partial charge is 0.320 e. The minimum Gasteiger partial charge on any atom is -0.320 e. The van der Waals surface area contributed by atoms with Crippen LogP contribution in [0.5, 0.6) is 0 Å². The van der Waals surface area contributed by atoms with Crippen molar-refractivity contribution in [1.29, 1.82) is 0 Å². The maximum absolute atomic E-state index is 12.0. The molecular weight excluding hydrogens is 164 g/mol. The predicted molar refractivity (Wildman–Crippen MR) is 29.6 cm³/mol. The van der Waals surface area contributed by atoms with Crippen LogP contribution in [0.3, 0.4) is 0 Å². The van der Waals surface area contributed by atoms with Gasteiger partial charge in [-0.15, -0.1) is 0 Å². The molecule has 1 nitrogen and oxygen atoms in total. The molecule has 0 aromatic rings. The lowest BCUT2D eigenvalue weighted by Gasteiger charge is -2.10. The molecule has 0 aromatic carbocycles. The Morgan fingerprint density at radius 1 is 1.55 bits per heavy atom. The molecule has 0 radical (unpaired) electrons. The van der Waals surface area contributed by atoms with Crippen molar-refractivity contribution in [2.75, 3.05) is 6.61 Å². The van der Waals surface area contributed by atoms with Crippen LogP contribution in [0.25, 0.3) is 0 Å². The number of ether oxygens (including phenoxy) is 1. The first kappa shape index (κ1) is 8.77. The van der Waals surface area contributed by atoms with Gasteiger partial charge in [-0.2, -0.15) is 8.78 Å². The van der Waals surface area contributed by atoms with E-state index in [2.05, 4.69) is 4.74 Å². The molecule has 0 N–H and O–H groups in total. The Labute approximate surface area is 61.3 Å². The van der Waals surface area contributed by atoms with Gasteiger partial charge in [-0.1, -0.05) is 0 Å². The van der Waals surface area contributed by atoms with Gasteiger partial charge in [0.15, 0.2) is 0 Å². The first-order chi connectivity index (χ1) is 4.81. The second-order valence-corrected chi connectivity index (χ2v) is 2.78. The molecule has 1 rings (SSSR count). The molecule has 1 fully saturated rings. The molecule has 1 saturated carbocycles. The Bertz CT molecular complexity index is 151. The Kier molecular flexibility index (Phi) is 1.86. The zero-order valence-corrected chi connectivity index (χ0v) is 5.91. The highest BCUT2D eigenvalue weighted by Crippen LogP contribution is 2.49. The van der Waals surface area contributed by atoms with Crippen LogP contribution in [0.1, 0.15) is 13.3 Å². The third kappa shape index (κ3) is 2.65. The van der Waals surface area contributed by atoms with E-state index in [1.165, 1.54) is 0 Å². The van der Waals surface area contributed by atoms with Crippen LogP contribution in [0, 0.1) is 5.92 Å². The molecule has 11 heavy (non-hydrogen) atoms. The third-order valence-corrected chi connectivity index (χ3v) is 1.49. The molecule has 1 aliphatic carbocycles. The van der Waals surface area contributed by atoms with E-state index in [1.54, 1.807) is 0 Å². The molecule has 0 amide bonds. The fraction of sp³-hybridized carbons (Fsp3) is 1.00. The van der Waals surface area contributed by atoms with Crippen LogP contribution < -0.4 is 0 Å². The van der Waals surface area contributed by atoms with Crippen molar-refractivity contribution in [2.45, 2.75) is 25.4 Å². The van der Waals surface area contributed by atoms with E-state index < -0.39 is 24.6 Å². The van der Waals surface area contributed by atoms with E-state index in [-0.39, 0.29) is 6.42 Å². The lowest BCUT2D eigenvalue weighted by atomic mass is 10.4. The second-order valence-electron chi connectivity index (χ2n) is 2.78. The summed E-state index contributed by atoms with van der Waals surface area (Å²) in [5.74, 6) is -3.78. The summed E-state index contributed by atoms with van der Waals surface area (Å²) in [5, 5.41) is 0. The van der Waals surface area contributed by atoms with E-state index in [1.807, 2.05) is 0 Å². The molecule has 5 heteroatoms. The van der Waals surface area contributed by atoms with Crippen LogP contribution in [-0.2, 0) is 4.74 Å². The molecule has 1 atom stereocenters. The zero-order chi connectivity index (χ0) is 8.70. The Balaban J connectivity index is 2.16. The number of hydrogen-bond donors (Lipinski definition) is 0. The SMILES string of the molecule is CC(F)(F)OCC1CC1(F)F. The minimum absolute atomic E-state index is 0.330. The maximum Gasteiger partial charge on any atom is 0.352 e. The summed E-state index contributed by atoms with van der Waals surface area (Å²) in [6, 6.07) is 0. The van der Waals surface area contributed by atoms with E-state index >= 15 is 0 Å². The van der Waals surface area contributed by atoms with Crippen molar-refractivity contribution in [3.05, 3.63) is 0 Å². The summed E-state index contributed by atoms with van der Waals surface area (Å²) >= 11 is 0. The lowest BCUT2D eigenvalue weighted by molar-refractivity contribution is -0.228. The van der Waals surface area contributed by atoms with Gasteiger partial charge in [0.2, 0.25) is 0 Å². The summed E-state index contributed by atoms with van der Waals surface area (Å²) in [5.41, 5.74) is 0. The number of hydrogen-bond acceptors (Lipinski definition) is 1. The first-order valence-electron chi connectivity index (χ1n) is 3.21. The summed E-state index contributed by atoms with van der Waals surface area (Å²) < 4.78 is 51.8. The van der Waals surface area contributed by atoms with Crippen molar-refractivity contribution in [1.82, 2.24) is 0 Å². The van der Waals surface area contributed by atoms with Crippen molar-refractivity contribution in [2.24, 2.45) is 5.92 Å². The van der Waals surface area contributed by atoms with E-state index in [4.69, 9.17) is 0 Å². The largest absolute Gasteiger partial charge is 0.352 e. The fourth-order valence-electron chi connectivity index (χ4n) is 0.697. The van der Waals surface area contributed by atoms with Gasteiger partial charge in [-0.25, -0.2) is 8.78 Å². The molecule has 66 valence electrons. The monoisotopic (exact) mass is 172 g/mol. The zero-order valence-electron chi connectivity index (χ0n) is 5.91. The highest BCUT2D eigenvalue weighted by atomic mass is 19.3. The number of rotatable bonds is 3. The highest BCUT2D eigenvalue weighted by molar-refractivity contribution is 4.94. The van der Waals surface area contributed by atoms with E-state index in [0.717, 1.165) is 0 Å². The average Bonchev–Trinajstić information content (AvgIpc) is 2.33. The molecular formula is C6H8F4O. The third-order valence-electron chi connectivity index (χ3n) is 1.49. The van der Waals surface area contributed by atoms with Crippen molar-refractivity contribution < 1.29 is 22.3 Å². The van der Waals surface area contributed by atoms with Crippen molar-refractivity contribution in [3.8, 4) is 0 Å². The van der Waals surface area contributed by atoms with Crippen LogP contribution >= 0.6 is 0 Å². The lowest BCUT2D eigenvalue weighted by Crippen LogP contribution is -2.18. The quantitative estimate of drug-likeness (QED) is 0.593. The van der Waals surface area contributed by atoms with Gasteiger partial charge < -0.3 is 4.74 Å². The fourth-order valence-corrected chi connectivity index (χ4v) is 0.697. The first-order valence-corrected chi connectivity index (χ1v) is 3.21. The van der Waals surface area contributed by atoms with E-state index in [9.17, 15) is 17.6 Å². The molecule has 0 heterocycles. The van der Waals surface area contributed by atoms with Gasteiger partial charge in [-0.05, 0) is 0 Å². The van der Waals surface area contributed by atoms with E-state index in [0.29, 0.717) is 6.92 Å². The molecule has 0 aromatic heterocycles. The summed E-state index contributed by atoms with van der Waals surface area (Å²) in [4.78, 5) is 0. The minimum atomic E-state index is -3.29. The topological polar surface area (TPSA) is 9.23 Å². The molecule has 1 unspecified atom stereocenters. The molecule has 0 saturated heterocycles. The van der Waals surface area contributed by atoms with Crippen LogP contribution in [0.4, 0.5) is 17.6 Å².